The van der Waals surface area contributed by atoms with Gasteiger partial charge in [-0.3, -0.25) is 4.79 Å². The molecule has 0 aromatic heterocycles. The molecule has 1 aliphatic carbocycles. The van der Waals surface area contributed by atoms with Gasteiger partial charge in [0.05, 0.1) is 16.3 Å². The first-order valence-corrected chi connectivity index (χ1v) is 11.7. The summed E-state index contributed by atoms with van der Waals surface area (Å²) in [5.74, 6) is -0.118. The molecule has 156 valence electrons. The molecule has 0 aliphatic heterocycles. The molecule has 0 spiro atoms. The van der Waals surface area contributed by atoms with Crippen LogP contribution in [0.3, 0.4) is 0 Å². The summed E-state index contributed by atoms with van der Waals surface area (Å²) in [6.45, 7) is 10.1. The summed E-state index contributed by atoms with van der Waals surface area (Å²) >= 11 is 0. The first-order valence-electron chi connectivity index (χ1n) is 10.2. The third-order valence-electron chi connectivity index (χ3n) is 5.31. The zero-order chi connectivity index (χ0) is 20.7. The maximum atomic E-state index is 12.9. The molecule has 28 heavy (non-hydrogen) atoms. The second kappa shape index (κ2) is 10.1. The van der Waals surface area contributed by atoms with Crippen LogP contribution in [0.4, 0.5) is 11.4 Å². The van der Waals surface area contributed by atoms with Gasteiger partial charge in [0.15, 0.2) is 0 Å². The Morgan fingerprint density at radius 1 is 1.07 bits per heavy atom. The second-order valence-corrected chi connectivity index (χ2v) is 8.85. The molecule has 7 heteroatoms. The number of hydrogen-bond acceptors (Lipinski definition) is 4. The zero-order valence-corrected chi connectivity index (χ0v) is 18.3. The van der Waals surface area contributed by atoms with Gasteiger partial charge in [-0.2, -0.15) is 4.31 Å². The van der Waals surface area contributed by atoms with Gasteiger partial charge in [-0.15, -0.1) is 0 Å². The van der Waals surface area contributed by atoms with Gasteiger partial charge in [-0.1, -0.05) is 26.0 Å². The van der Waals surface area contributed by atoms with Crippen molar-refractivity contribution >= 4 is 27.3 Å². The summed E-state index contributed by atoms with van der Waals surface area (Å²) in [4.78, 5) is 15.1. The monoisotopic (exact) mass is 407 g/mol. The number of benzene rings is 1. The largest absolute Gasteiger partial charge is 0.370 e. The van der Waals surface area contributed by atoms with Crippen LogP contribution in [0.2, 0.25) is 0 Å². The van der Waals surface area contributed by atoms with Gasteiger partial charge in [0.1, 0.15) is 0 Å². The van der Waals surface area contributed by atoms with Crippen molar-refractivity contribution in [3.05, 3.63) is 30.4 Å². The van der Waals surface area contributed by atoms with Gasteiger partial charge >= 0.3 is 0 Å². The van der Waals surface area contributed by atoms with E-state index in [0.717, 1.165) is 38.0 Å². The van der Waals surface area contributed by atoms with Crippen molar-refractivity contribution in [3.8, 4) is 0 Å². The van der Waals surface area contributed by atoms with E-state index in [0.29, 0.717) is 18.8 Å². The number of sulfonamides is 1. The summed E-state index contributed by atoms with van der Waals surface area (Å²) in [7, 11) is -3.59. The molecule has 2 rings (SSSR count). The molecule has 0 saturated heterocycles. The number of nitrogens with zero attached hydrogens (tertiary/aromatic N) is 2. The lowest BCUT2D eigenvalue weighted by molar-refractivity contribution is -0.120. The summed E-state index contributed by atoms with van der Waals surface area (Å²) in [5.41, 5.74) is 1.42. The molecular weight excluding hydrogens is 374 g/mol. The molecule has 0 heterocycles. The molecule has 0 radical (unpaired) electrons. The molecule has 0 saturated carbocycles. The predicted octanol–water partition coefficient (Wildman–Crippen LogP) is 3.86. The van der Waals surface area contributed by atoms with Crippen LogP contribution < -0.4 is 10.2 Å². The van der Waals surface area contributed by atoms with Gasteiger partial charge in [0.2, 0.25) is 15.9 Å². The van der Waals surface area contributed by atoms with E-state index < -0.39 is 10.0 Å². The molecule has 1 N–H and O–H groups in total. The van der Waals surface area contributed by atoms with E-state index in [2.05, 4.69) is 16.3 Å². The Morgan fingerprint density at radius 3 is 2.29 bits per heavy atom. The molecule has 0 bridgehead atoms. The van der Waals surface area contributed by atoms with Crippen LogP contribution in [0, 0.1) is 5.92 Å². The van der Waals surface area contributed by atoms with E-state index in [1.54, 1.807) is 18.2 Å². The van der Waals surface area contributed by atoms with Crippen LogP contribution in [0.1, 0.15) is 47.0 Å². The molecule has 1 amide bonds. The van der Waals surface area contributed by atoms with Crippen molar-refractivity contribution < 1.29 is 13.2 Å². The van der Waals surface area contributed by atoms with Gasteiger partial charge < -0.3 is 10.2 Å². The highest BCUT2D eigenvalue weighted by Gasteiger charge is 2.25. The normalized spacial score (nSPS) is 17.0. The van der Waals surface area contributed by atoms with E-state index in [1.165, 1.54) is 4.31 Å². The Kier molecular flexibility index (Phi) is 8.07. The lowest BCUT2D eigenvalue weighted by Crippen LogP contribution is -2.31. The van der Waals surface area contributed by atoms with Crippen LogP contribution >= 0.6 is 0 Å². The van der Waals surface area contributed by atoms with Crippen LogP contribution in [0.15, 0.2) is 35.2 Å². The number of carbonyl (C=O) groups is 1. The zero-order valence-electron chi connectivity index (χ0n) is 17.4. The fourth-order valence-corrected chi connectivity index (χ4v) is 5.08. The number of nitrogens with one attached hydrogen (secondary N) is 1. The van der Waals surface area contributed by atoms with Gasteiger partial charge in [-0.25, -0.2) is 8.42 Å². The number of amides is 1. The topological polar surface area (TPSA) is 69.7 Å². The third-order valence-corrected chi connectivity index (χ3v) is 7.36. The molecule has 1 aliphatic rings. The molecule has 1 unspecified atom stereocenters. The molecule has 1 atom stereocenters. The van der Waals surface area contributed by atoms with E-state index in [4.69, 9.17) is 0 Å². The first-order chi connectivity index (χ1) is 13.4. The SMILES string of the molecule is CCN(CC)c1ccc(S(=O)(=O)N(CC)CC)cc1NC(=O)C1CC=CCC1. The van der Waals surface area contributed by atoms with E-state index in [1.807, 2.05) is 33.8 Å². The van der Waals surface area contributed by atoms with Crippen molar-refractivity contribution in [1.82, 2.24) is 4.31 Å². The van der Waals surface area contributed by atoms with E-state index in [9.17, 15) is 13.2 Å². The minimum atomic E-state index is -3.59. The average Bonchev–Trinajstić information content (AvgIpc) is 2.71. The summed E-state index contributed by atoms with van der Waals surface area (Å²) in [6.07, 6.45) is 6.59. The highest BCUT2D eigenvalue weighted by molar-refractivity contribution is 7.89. The van der Waals surface area contributed by atoms with Crippen molar-refractivity contribution in [3.63, 3.8) is 0 Å². The molecule has 0 fully saturated rings. The summed E-state index contributed by atoms with van der Waals surface area (Å²) in [6, 6.07) is 5.05. The standard InChI is InChI=1S/C21H33N3O3S/c1-5-23(6-2)20-15-14-18(28(26,27)24(7-3)8-4)16-19(20)22-21(25)17-12-10-9-11-13-17/h9-10,14-17H,5-8,11-13H2,1-4H3,(H,22,25). The van der Waals surface area contributed by atoms with Crippen molar-refractivity contribution in [2.75, 3.05) is 36.4 Å². The Labute approximate surface area is 169 Å². The maximum absolute atomic E-state index is 12.9. The Morgan fingerprint density at radius 2 is 1.75 bits per heavy atom. The smallest absolute Gasteiger partial charge is 0.243 e. The fraction of sp³-hybridized carbons (Fsp3) is 0.571. The van der Waals surface area contributed by atoms with Gasteiger partial charge in [0.25, 0.3) is 0 Å². The number of carbonyl (C=O) groups excluding carboxylic acids is 1. The van der Waals surface area contributed by atoms with Crippen LogP contribution in [0.5, 0.6) is 0 Å². The molecular formula is C21H33N3O3S. The minimum absolute atomic E-state index is 0.0462. The molecule has 6 nitrogen and oxygen atoms in total. The Balaban J connectivity index is 2.43. The quantitative estimate of drug-likeness (QED) is 0.631. The van der Waals surface area contributed by atoms with Crippen molar-refractivity contribution in [1.29, 1.82) is 0 Å². The van der Waals surface area contributed by atoms with Gasteiger partial charge in [0, 0.05) is 32.1 Å². The molecule has 1 aromatic rings. The lowest BCUT2D eigenvalue weighted by atomic mass is 9.93. The lowest BCUT2D eigenvalue weighted by Gasteiger charge is -2.27. The van der Waals surface area contributed by atoms with Crippen LogP contribution in [0.25, 0.3) is 0 Å². The van der Waals surface area contributed by atoms with Crippen molar-refractivity contribution in [2.45, 2.75) is 51.9 Å². The van der Waals surface area contributed by atoms with Crippen LogP contribution in [-0.4, -0.2) is 44.8 Å². The Bertz CT molecular complexity index is 797. The molecule has 1 aromatic carbocycles. The van der Waals surface area contributed by atoms with Gasteiger partial charge in [-0.05, 0) is 51.3 Å². The minimum Gasteiger partial charge on any atom is -0.370 e. The predicted molar refractivity (Wildman–Crippen MR) is 115 cm³/mol. The maximum Gasteiger partial charge on any atom is 0.243 e. The highest BCUT2D eigenvalue weighted by atomic mass is 32.2. The third kappa shape index (κ3) is 4.94. The number of allylic oxidation sites excluding steroid dienone is 2. The Hall–Kier alpha value is -1.86. The summed E-state index contributed by atoms with van der Waals surface area (Å²) in [5, 5.41) is 3.02. The van der Waals surface area contributed by atoms with Crippen molar-refractivity contribution in [2.24, 2.45) is 5.92 Å². The van der Waals surface area contributed by atoms with E-state index in [-0.39, 0.29) is 16.7 Å². The number of hydrogen-bond donors (Lipinski definition) is 1. The first kappa shape index (κ1) is 22.4. The highest BCUT2D eigenvalue weighted by Crippen LogP contribution is 2.31. The number of rotatable bonds is 9. The fourth-order valence-electron chi connectivity index (χ4n) is 3.59. The van der Waals surface area contributed by atoms with E-state index >= 15 is 0 Å². The van der Waals surface area contributed by atoms with Crippen LogP contribution in [-0.2, 0) is 14.8 Å². The number of anilines is 2. The second-order valence-electron chi connectivity index (χ2n) is 6.91. The summed E-state index contributed by atoms with van der Waals surface area (Å²) < 4.78 is 27.3. The average molecular weight is 408 g/mol.